The van der Waals surface area contributed by atoms with E-state index in [4.69, 9.17) is 4.74 Å². The number of carbonyl (C=O) groups is 2. The fraction of sp³-hybridized carbons (Fsp3) is 0.429. The molecule has 1 unspecified atom stereocenters. The van der Waals surface area contributed by atoms with Crippen LogP contribution >= 0.6 is 0 Å². The minimum absolute atomic E-state index is 0.00382. The van der Waals surface area contributed by atoms with Gasteiger partial charge in [-0.25, -0.2) is 0 Å². The van der Waals surface area contributed by atoms with Gasteiger partial charge in [-0.2, -0.15) is 0 Å². The van der Waals surface area contributed by atoms with Crippen LogP contribution in [-0.2, 0) is 14.3 Å². The molecule has 0 aromatic heterocycles. The summed E-state index contributed by atoms with van der Waals surface area (Å²) in [6, 6.07) is 0. The molecule has 0 amide bonds. The van der Waals surface area contributed by atoms with Gasteiger partial charge >= 0.3 is 0 Å². The zero-order chi connectivity index (χ0) is 12.0. The van der Waals surface area contributed by atoms with Gasteiger partial charge in [0.05, 0.1) is 0 Å². The molecule has 3 nitrogen and oxygen atoms in total. The van der Waals surface area contributed by atoms with Crippen molar-refractivity contribution in [2.75, 3.05) is 0 Å². The third kappa shape index (κ3) is 1.57. The topological polar surface area (TPSA) is 43.4 Å². The minimum atomic E-state index is -0.486. The number of carbonyl (C=O) groups excluding carboxylic acids is 2. The van der Waals surface area contributed by atoms with Crippen LogP contribution in [0, 0.1) is 5.92 Å². The van der Waals surface area contributed by atoms with E-state index in [0.29, 0.717) is 12.3 Å². The smallest absolute Gasteiger partial charge is 0.178 e. The van der Waals surface area contributed by atoms with Gasteiger partial charge in [0.2, 0.25) is 0 Å². The summed E-state index contributed by atoms with van der Waals surface area (Å²) in [4.78, 5) is 22.8. The molecule has 1 aliphatic heterocycles. The maximum absolute atomic E-state index is 11.6. The van der Waals surface area contributed by atoms with E-state index in [1.807, 2.05) is 19.1 Å². The standard InChI is InChI=1S/C14H14O3/c1-9-12(16)3-2-10-8-14(17-13(9)10)6-4-11(15)5-7-14/h4-7,10H,2-3,8H2,1H3. The third-order valence-corrected chi connectivity index (χ3v) is 3.80. The summed E-state index contributed by atoms with van der Waals surface area (Å²) in [6.07, 6.45) is 9.06. The maximum atomic E-state index is 11.6. The Labute approximate surface area is 99.8 Å². The number of rotatable bonds is 0. The lowest BCUT2D eigenvalue weighted by molar-refractivity contribution is -0.116. The molecule has 1 fully saturated rings. The average molecular weight is 230 g/mol. The van der Waals surface area contributed by atoms with Crippen LogP contribution in [0.5, 0.6) is 0 Å². The molecular formula is C14H14O3. The fourth-order valence-electron chi connectivity index (χ4n) is 2.82. The molecular weight excluding hydrogens is 216 g/mol. The Kier molecular flexibility index (Phi) is 2.12. The monoisotopic (exact) mass is 230 g/mol. The van der Waals surface area contributed by atoms with Crippen molar-refractivity contribution in [2.24, 2.45) is 5.92 Å². The molecule has 3 rings (SSSR count). The van der Waals surface area contributed by atoms with Gasteiger partial charge in [0, 0.05) is 24.3 Å². The van der Waals surface area contributed by atoms with Crippen LogP contribution in [0.25, 0.3) is 0 Å². The van der Waals surface area contributed by atoms with Gasteiger partial charge in [-0.05, 0) is 37.6 Å². The SMILES string of the molecule is CC1=C2OC3(C=CC(=O)C=C3)CC2CCC1=O. The van der Waals surface area contributed by atoms with Crippen molar-refractivity contribution in [1.82, 2.24) is 0 Å². The van der Waals surface area contributed by atoms with Gasteiger partial charge < -0.3 is 4.74 Å². The van der Waals surface area contributed by atoms with Crippen LogP contribution < -0.4 is 0 Å². The predicted octanol–water partition coefficient (Wildman–Crippen LogP) is 2.09. The summed E-state index contributed by atoms with van der Waals surface area (Å²) >= 11 is 0. The Morgan fingerprint density at radius 2 is 2.00 bits per heavy atom. The van der Waals surface area contributed by atoms with Crippen LogP contribution in [0.4, 0.5) is 0 Å². The number of allylic oxidation sites excluding steroid dienone is 4. The summed E-state index contributed by atoms with van der Waals surface area (Å²) in [5.41, 5.74) is 0.275. The van der Waals surface area contributed by atoms with Crippen LogP contribution in [0.2, 0.25) is 0 Å². The summed E-state index contributed by atoms with van der Waals surface area (Å²) in [5.74, 6) is 1.35. The summed E-state index contributed by atoms with van der Waals surface area (Å²) < 4.78 is 5.96. The second-order valence-corrected chi connectivity index (χ2v) is 4.98. The van der Waals surface area contributed by atoms with Crippen LogP contribution in [-0.4, -0.2) is 17.2 Å². The van der Waals surface area contributed by atoms with Crippen molar-refractivity contribution in [3.8, 4) is 0 Å². The number of hydrogen-bond donors (Lipinski definition) is 0. The summed E-state index contributed by atoms with van der Waals surface area (Å²) in [6.45, 7) is 1.84. The van der Waals surface area contributed by atoms with E-state index >= 15 is 0 Å². The molecule has 0 aromatic carbocycles. The van der Waals surface area contributed by atoms with E-state index in [2.05, 4.69) is 0 Å². The molecule has 88 valence electrons. The van der Waals surface area contributed by atoms with Crippen LogP contribution in [0.15, 0.2) is 35.6 Å². The first kappa shape index (κ1) is 10.5. The summed E-state index contributed by atoms with van der Waals surface area (Å²) in [7, 11) is 0. The van der Waals surface area contributed by atoms with Crippen molar-refractivity contribution >= 4 is 11.6 Å². The lowest BCUT2D eigenvalue weighted by Gasteiger charge is -2.23. The molecule has 2 aliphatic carbocycles. The van der Waals surface area contributed by atoms with E-state index < -0.39 is 5.60 Å². The Morgan fingerprint density at radius 3 is 2.71 bits per heavy atom. The highest BCUT2D eigenvalue weighted by molar-refractivity contribution is 6.00. The molecule has 17 heavy (non-hydrogen) atoms. The quantitative estimate of drug-likeness (QED) is 0.640. The van der Waals surface area contributed by atoms with Gasteiger partial charge in [-0.1, -0.05) is 0 Å². The molecule has 1 heterocycles. The summed E-state index contributed by atoms with van der Waals surface area (Å²) in [5, 5.41) is 0. The Balaban J connectivity index is 1.96. The number of Topliss-reactive ketones (excluding diaryl/α,β-unsaturated/α-hetero) is 1. The van der Waals surface area contributed by atoms with Crippen molar-refractivity contribution in [1.29, 1.82) is 0 Å². The Morgan fingerprint density at radius 1 is 1.29 bits per heavy atom. The molecule has 0 bridgehead atoms. The number of hydrogen-bond acceptors (Lipinski definition) is 3. The van der Waals surface area contributed by atoms with Gasteiger partial charge in [0.25, 0.3) is 0 Å². The second kappa shape index (κ2) is 3.42. The van der Waals surface area contributed by atoms with Crippen molar-refractivity contribution in [3.05, 3.63) is 35.6 Å². The molecule has 1 atom stereocenters. The van der Waals surface area contributed by atoms with Gasteiger partial charge in [-0.3, -0.25) is 9.59 Å². The molecule has 3 heteroatoms. The maximum Gasteiger partial charge on any atom is 0.178 e. The molecule has 0 saturated carbocycles. The van der Waals surface area contributed by atoms with Gasteiger partial charge in [0.1, 0.15) is 11.4 Å². The van der Waals surface area contributed by atoms with E-state index in [1.165, 1.54) is 0 Å². The van der Waals surface area contributed by atoms with Crippen LogP contribution in [0.1, 0.15) is 26.2 Å². The highest BCUT2D eigenvalue weighted by Crippen LogP contribution is 2.46. The first-order chi connectivity index (χ1) is 8.10. The van der Waals surface area contributed by atoms with Crippen LogP contribution in [0.3, 0.4) is 0 Å². The zero-order valence-corrected chi connectivity index (χ0v) is 9.73. The Hall–Kier alpha value is -1.64. The van der Waals surface area contributed by atoms with E-state index in [-0.39, 0.29) is 11.6 Å². The molecule has 1 saturated heterocycles. The number of ether oxygens (including phenoxy) is 1. The second-order valence-electron chi connectivity index (χ2n) is 4.98. The lowest BCUT2D eigenvalue weighted by atomic mass is 9.83. The molecule has 0 N–H and O–H groups in total. The van der Waals surface area contributed by atoms with E-state index in [0.717, 1.165) is 24.2 Å². The highest BCUT2D eigenvalue weighted by Gasteiger charge is 2.44. The van der Waals surface area contributed by atoms with Crippen molar-refractivity contribution in [3.63, 3.8) is 0 Å². The normalized spacial score (nSPS) is 29.8. The Bertz CT molecular complexity index is 478. The van der Waals surface area contributed by atoms with Crippen molar-refractivity contribution < 1.29 is 14.3 Å². The highest BCUT2D eigenvalue weighted by atomic mass is 16.5. The van der Waals surface area contributed by atoms with Crippen molar-refractivity contribution in [2.45, 2.75) is 31.8 Å². The lowest BCUT2D eigenvalue weighted by Crippen LogP contribution is -2.24. The number of fused-ring (bicyclic) bond motifs is 1. The molecule has 0 aromatic rings. The molecule has 1 spiro atoms. The average Bonchev–Trinajstić information content (AvgIpc) is 2.68. The number of ketones is 2. The third-order valence-electron chi connectivity index (χ3n) is 3.80. The zero-order valence-electron chi connectivity index (χ0n) is 9.73. The molecule has 3 aliphatic rings. The molecule has 0 radical (unpaired) electrons. The first-order valence-corrected chi connectivity index (χ1v) is 5.95. The first-order valence-electron chi connectivity index (χ1n) is 5.95. The van der Waals surface area contributed by atoms with Gasteiger partial charge in [-0.15, -0.1) is 0 Å². The largest absolute Gasteiger partial charge is 0.483 e. The van der Waals surface area contributed by atoms with Gasteiger partial charge in [0.15, 0.2) is 11.6 Å². The van der Waals surface area contributed by atoms with E-state index in [1.54, 1.807) is 12.2 Å². The minimum Gasteiger partial charge on any atom is -0.483 e. The van der Waals surface area contributed by atoms with E-state index in [9.17, 15) is 9.59 Å². The fourth-order valence-corrected chi connectivity index (χ4v) is 2.82. The predicted molar refractivity (Wildman–Crippen MR) is 62.2 cm³/mol.